The first-order chi connectivity index (χ1) is 15.8. The minimum Gasteiger partial charge on any atom is -0.300 e. The van der Waals surface area contributed by atoms with E-state index in [1.165, 1.54) is 83.5 Å². The fraction of sp³-hybridized carbons (Fsp3) is 0.970. The van der Waals surface area contributed by atoms with Crippen molar-refractivity contribution in [3.63, 3.8) is 0 Å². The Morgan fingerprint density at radius 2 is 1.47 bits per heavy atom. The SMILES string of the molecule is CC[C@@]12CC[C@H]3C(C)(C)CCC[C@]3(C)[C@H]1CC[C@@H]1[C@@H]3C[C@@](C)(CC(C)=O)CC[C@]3(C)CC[C@]12C. The topological polar surface area (TPSA) is 17.1 Å². The highest BCUT2D eigenvalue weighted by molar-refractivity contribution is 5.76. The fourth-order valence-electron chi connectivity index (χ4n) is 12.6. The van der Waals surface area contributed by atoms with E-state index >= 15 is 0 Å². The van der Waals surface area contributed by atoms with Crippen molar-refractivity contribution in [1.29, 1.82) is 0 Å². The fourth-order valence-corrected chi connectivity index (χ4v) is 12.6. The van der Waals surface area contributed by atoms with Gasteiger partial charge in [0.25, 0.3) is 0 Å². The lowest BCUT2D eigenvalue weighted by molar-refractivity contribution is -0.251. The molecule has 0 aliphatic heterocycles. The molecule has 0 heterocycles. The van der Waals surface area contributed by atoms with E-state index in [0.717, 1.165) is 30.1 Å². The molecule has 0 aromatic rings. The maximum absolute atomic E-state index is 12.2. The van der Waals surface area contributed by atoms with Gasteiger partial charge in [0.15, 0.2) is 0 Å². The molecule has 5 rings (SSSR count). The van der Waals surface area contributed by atoms with Crippen molar-refractivity contribution >= 4 is 5.78 Å². The van der Waals surface area contributed by atoms with Gasteiger partial charge < -0.3 is 4.79 Å². The van der Waals surface area contributed by atoms with Gasteiger partial charge in [-0.25, -0.2) is 0 Å². The van der Waals surface area contributed by atoms with Gasteiger partial charge in [0.1, 0.15) is 5.78 Å². The van der Waals surface area contributed by atoms with Crippen molar-refractivity contribution < 1.29 is 4.79 Å². The van der Waals surface area contributed by atoms with Crippen molar-refractivity contribution in [2.24, 2.45) is 56.2 Å². The zero-order valence-corrected chi connectivity index (χ0v) is 24.1. The monoisotopic (exact) mass is 468 g/mol. The molecule has 5 aliphatic rings. The molecule has 0 aromatic heterocycles. The minimum absolute atomic E-state index is 0.238. The highest BCUT2D eigenvalue weighted by Gasteiger charge is 2.69. The van der Waals surface area contributed by atoms with Crippen LogP contribution in [0.25, 0.3) is 0 Å². The predicted molar refractivity (Wildman–Crippen MR) is 144 cm³/mol. The van der Waals surface area contributed by atoms with Gasteiger partial charge in [0, 0.05) is 6.42 Å². The number of rotatable bonds is 3. The van der Waals surface area contributed by atoms with Gasteiger partial charge in [0.05, 0.1) is 0 Å². The van der Waals surface area contributed by atoms with Crippen LogP contribution in [-0.4, -0.2) is 5.78 Å². The molecule has 5 aliphatic carbocycles. The van der Waals surface area contributed by atoms with Gasteiger partial charge in [-0.2, -0.15) is 0 Å². The number of hydrogen-bond acceptors (Lipinski definition) is 1. The number of hydrogen-bond donors (Lipinski definition) is 0. The van der Waals surface area contributed by atoms with Crippen LogP contribution in [-0.2, 0) is 4.79 Å². The molecule has 5 saturated carbocycles. The van der Waals surface area contributed by atoms with Gasteiger partial charge >= 0.3 is 0 Å². The van der Waals surface area contributed by atoms with Crippen LogP contribution in [0.4, 0.5) is 0 Å². The summed E-state index contributed by atoms with van der Waals surface area (Å²) in [5.74, 6) is 3.93. The molecule has 0 amide bonds. The Morgan fingerprint density at radius 1 is 0.765 bits per heavy atom. The van der Waals surface area contributed by atoms with Gasteiger partial charge in [-0.3, -0.25) is 0 Å². The summed E-state index contributed by atoms with van der Waals surface area (Å²) in [6.45, 7) is 20.3. The Morgan fingerprint density at radius 3 is 2.15 bits per heavy atom. The second kappa shape index (κ2) is 7.84. The molecule has 0 aromatic carbocycles. The van der Waals surface area contributed by atoms with Crippen LogP contribution in [0.5, 0.6) is 0 Å². The lowest BCUT2D eigenvalue weighted by Crippen LogP contribution is -2.66. The van der Waals surface area contributed by atoms with Crippen molar-refractivity contribution in [2.45, 2.75) is 145 Å². The standard InChI is InChI=1S/C33H56O/c1-9-33-16-13-26-28(3,4)14-10-15-31(26,7)27(33)12-11-24-25-22-29(5,21-23(2)34)17-18-30(25,6)19-20-32(24,33)8/h24-27H,9-22H2,1-8H3/t24-,25+,26+,27-,29-,30-,31+,32-,33-/m1/s1. The van der Waals surface area contributed by atoms with E-state index in [-0.39, 0.29) is 5.41 Å². The summed E-state index contributed by atoms with van der Waals surface area (Å²) in [5.41, 5.74) is 2.83. The third-order valence-electron chi connectivity index (χ3n) is 14.3. The Labute approximate surface area is 212 Å². The van der Waals surface area contributed by atoms with Crippen molar-refractivity contribution in [2.75, 3.05) is 0 Å². The summed E-state index contributed by atoms with van der Waals surface area (Å²) < 4.78 is 0. The Bertz CT molecular complexity index is 826. The van der Waals surface area contributed by atoms with Gasteiger partial charge in [-0.05, 0) is 140 Å². The number of ketones is 1. The quantitative estimate of drug-likeness (QED) is 0.403. The molecule has 0 spiro atoms. The van der Waals surface area contributed by atoms with E-state index in [4.69, 9.17) is 0 Å². The summed E-state index contributed by atoms with van der Waals surface area (Å²) in [5, 5.41) is 0. The molecular weight excluding hydrogens is 412 g/mol. The molecule has 0 unspecified atom stereocenters. The van der Waals surface area contributed by atoms with Crippen molar-refractivity contribution in [1.82, 2.24) is 0 Å². The summed E-state index contributed by atoms with van der Waals surface area (Å²) in [6.07, 6.45) is 19.3. The second-order valence-electron chi connectivity index (χ2n) is 16.3. The zero-order valence-electron chi connectivity index (χ0n) is 24.1. The lowest BCUT2D eigenvalue weighted by atomic mass is 9.31. The van der Waals surface area contributed by atoms with E-state index in [0.29, 0.717) is 32.9 Å². The number of fused-ring (bicyclic) bond motifs is 7. The Kier molecular flexibility index (Phi) is 5.84. The maximum atomic E-state index is 12.2. The van der Waals surface area contributed by atoms with Crippen LogP contribution >= 0.6 is 0 Å². The number of carbonyl (C=O) groups is 1. The van der Waals surface area contributed by atoms with Gasteiger partial charge in [0.2, 0.25) is 0 Å². The van der Waals surface area contributed by atoms with Crippen LogP contribution < -0.4 is 0 Å². The largest absolute Gasteiger partial charge is 0.300 e. The molecule has 0 bridgehead atoms. The third kappa shape index (κ3) is 3.32. The van der Waals surface area contributed by atoms with E-state index < -0.39 is 0 Å². The van der Waals surface area contributed by atoms with Crippen molar-refractivity contribution in [3.05, 3.63) is 0 Å². The number of Topliss-reactive ketones (excluding diaryl/α,β-unsaturated/α-hetero) is 1. The van der Waals surface area contributed by atoms with Crippen LogP contribution in [0, 0.1) is 56.2 Å². The highest BCUT2D eigenvalue weighted by atomic mass is 16.1. The average molecular weight is 469 g/mol. The van der Waals surface area contributed by atoms with E-state index in [1.807, 2.05) is 6.92 Å². The van der Waals surface area contributed by atoms with E-state index in [1.54, 1.807) is 0 Å². The third-order valence-corrected chi connectivity index (χ3v) is 14.3. The zero-order chi connectivity index (χ0) is 24.8. The first-order valence-corrected chi connectivity index (χ1v) is 15.2. The maximum Gasteiger partial charge on any atom is 0.130 e. The molecule has 0 radical (unpaired) electrons. The molecular formula is C33H56O. The van der Waals surface area contributed by atoms with Gasteiger partial charge in [-0.15, -0.1) is 0 Å². The summed E-state index contributed by atoms with van der Waals surface area (Å²) in [4.78, 5) is 12.2. The second-order valence-corrected chi connectivity index (χ2v) is 16.3. The lowest BCUT2D eigenvalue weighted by Gasteiger charge is -2.74. The Hall–Kier alpha value is -0.330. The van der Waals surface area contributed by atoms with Gasteiger partial charge in [-0.1, -0.05) is 54.9 Å². The Balaban J connectivity index is 1.53. The average Bonchev–Trinajstić information content (AvgIpc) is 2.73. The van der Waals surface area contributed by atoms with E-state index in [2.05, 4.69) is 48.5 Å². The summed E-state index contributed by atoms with van der Waals surface area (Å²) in [6, 6.07) is 0. The predicted octanol–water partition coefficient (Wildman–Crippen LogP) is 9.63. The molecule has 34 heavy (non-hydrogen) atoms. The van der Waals surface area contributed by atoms with Crippen LogP contribution in [0.3, 0.4) is 0 Å². The normalized spacial score (nSPS) is 54.2. The van der Waals surface area contributed by atoms with Crippen LogP contribution in [0.15, 0.2) is 0 Å². The summed E-state index contributed by atoms with van der Waals surface area (Å²) >= 11 is 0. The smallest absolute Gasteiger partial charge is 0.130 e. The molecule has 9 atom stereocenters. The molecule has 0 N–H and O–H groups in total. The first-order valence-electron chi connectivity index (χ1n) is 15.2. The molecule has 1 heteroatoms. The molecule has 0 saturated heterocycles. The number of carbonyl (C=O) groups excluding carboxylic acids is 1. The molecule has 5 fully saturated rings. The highest BCUT2D eigenvalue weighted by Crippen LogP contribution is 2.77. The van der Waals surface area contributed by atoms with Crippen LogP contribution in [0.2, 0.25) is 0 Å². The van der Waals surface area contributed by atoms with E-state index in [9.17, 15) is 4.79 Å². The van der Waals surface area contributed by atoms with Crippen molar-refractivity contribution in [3.8, 4) is 0 Å². The minimum atomic E-state index is 0.238. The molecule has 1 nitrogen and oxygen atoms in total. The first kappa shape index (κ1) is 25.3. The molecule has 194 valence electrons. The summed E-state index contributed by atoms with van der Waals surface area (Å²) in [7, 11) is 0. The van der Waals surface area contributed by atoms with Crippen LogP contribution in [0.1, 0.15) is 145 Å².